The average Bonchev–Trinajstić information content (AvgIpc) is 2.67. The molecule has 2 aromatic rings. The summed E-state index contributed by atoms with van der Waals surface area (Å²) < 4.78 is 10.5. The number of nitrogen functional groups attached to an aromatic ring is 1. The van der Waals surface area contributed by atoms with Crippen LogP contribution in [-0.4, -0.2) is 35.5 Å². The first-order valence-corrected chi connectivity index (χ1v) is 8.29. The number of esters is 2. The van der Waals surface area contributed by atoms with Gasteiger partial charge in [-0.05, 0) is 31.3 Å². The third-order valence-corrected chi connectivity index (χ3v) is 3.87. The number of para-hydroxylation sites is 1. The van der Waals surface area contributed by atoms with Crippen LogP contribution in [0.2, 0.25) is 0 Å². The first-order chi connectivity index (χ1) is 12.9. The minimum Gasteiger partial charge on any atom is -0.452 e. The standard InChI is InChI=1S/C19H21N3O5/c1-4-16(24)26-18(25)19(21-3,12(2)23)27-17-13(8-7-9-14(17)20)15-10-5-6-11-22-15/h5-11,21H,4,20H2,1-3H3. The van der Waals surface area contributed by atoms with Gasteiger partial charge in [0, 0.05) is 25.1 Å². The Hall–Kier alpha value is -3.26. The Morgan fingerprint density at radius 3 is 2.48 bits per heavy atom. The van der Waals surface area contributed by atoms with Crippen molar-refractivity contribution in [3.63, 3.8) is 0 Å². The number of Topliss-reactive ketones (excluding diaryl/α,β-unsaturated/α-hetero) is 1. The number of likely N-dealkylation sites (N-methyl/N-ethyl adjacent to an activating group) is 1. The van der Waals surface area contributed by atoms with Gasteiger partial charge in [0.2, 0.25) is 0 Å². The molecule has 1 heterocycles. The van der Waals surface area contributed by atoms with Crippen molar-refractivity contribution in [2.45, 2.75) is 26.0 Å². The van der Waals surface area contributed by atoms with Crippen LogP contribution in [0.1, 0.15) is 20.3 Å². The maximum Gasteiger partial charge on any atom is 0.382 e. The molecule has 0 radical (unpaired) electrons. The number of benzene rings is 1. The quantitative estimate of drug-likeness (QED) is 0.326. The van der Waals surface area contributed by atoms with Gasteiger partial charge >= 0.3 is 17.7 Å². The molecule has 0 saturated heterocycles. The molecule has 8 nitrogen and oxygen atoms in total. The number of hydrogen-bond acceptors (Lipinski definition) is 8. The van der Waals surface area contributed by atoms with Crippen molar-refractivity contribution in [3.8, 4) is 17.0 Å². The van der Waals surface area contributed by atoms with Crippen LogP contribution in [0.3, 0.4) is 0 Å². The molecule has 1 aromatic carbocycles. The number of anilines is 1. The Balaban J connectivity index is 2.55. The highest BCUT2D eigenvalue weighted by molar-refractivity contribution is 6.08. The molecule has 27 heavy (non-hydrogen) atoms. The molecule has 1 atom stereocenters. The number of aromatic nitrogens is 1. The molecule has 0 bridgehead atoms. The van der Waals surface area contributed by atoms with Crippen molar-refractivity contribution >= 4 is 23.4 Å². The van der Waals surface area contributed by atoms with E-state index in [-0.39, 0.29) is 17.9 Å². The maximum atomic E-state index is 12.6. The van der Waals surface area contributed by atoms with Crippen LogP contribution < -0.4 is 15.8 Å². The van der Waals surface area contributed by atoms with Crippen LogP contribution in [0.15, 0.2) is 42.6 Å². The Kier molecular flexibility index (Phi) is 6.25. The summed E-state index contributed by atoms with van der Waals surface area (Å²) in [4.78, 5) is 40.7. The fraction of sp³-hybridized carbons (Fsp3) is 0.263. The number of rotatable bonds is 7. The fourth-order valence-electron chi connectivity index (χ4n) is 2.38. The van der Waals surface area contributed by atoms with Gasteiger partial charge in [0.1, 0.15) is 0 Å². The SMILES string of the molecule is CCC(=O)OC(=O)C(NC)(Oc1c(N)cccc1-c1ccccn1)C(C)=O. The first kappa shape index (κ1) is 20.1. The second kappa shape index (κ2) is 8.41. The maximum absolute atomic E-state index is 12.6. The lowest BCUT2D eigenvalue weighted by Gasteiger charge is -2.30. The van der Waals surface area contributed by atoms with E-state index in [1.807, 2.05) is 0 Å². The number of ketones is 1. The van der Waals surface area contributed by atoms with E-state index in [9.17, 15) is 14.4 Å². The molecule has 0 saturated carbocycles. The summed E-state index contributed by atoms with van der Waals surface area (Å²) in [5, 5.41) is 2.52. The van der Waals surface area contributed by atoms with E-state index in [1.54, 1.807) is 42.6 Å². The van der Waals surface area contributed by atoms with E-state index >= 15 is 0 Å². The molecule has 3 N–H and O–H groups in total. The summed E-state index contributed by atoms with van der Waals surface area (Å²) in [5.41, 5.74) is 5.01. The third kappa shape index (κ3) is 4.12. The molecule has 0 amide bonds. The van der Waals surface area contributed by atoms with Gasteiger partial charge in [-0.15, -0.1) is 0 Å². The molecule has 0 fully saturated rings. The second-order valence-electron chi connectivity index (χ2n) is 5.64. The van der Waals surface area contributed by atoms with Crippen molar-refractivity contribution in [2.24, 2.45) is 0 Å². The lowest BCUT2D eigenvalue weighted by atomic mass is 10.1. The van der Waals surface area contributed by atoms with Crippen LogP contribution in [0, 0.1) is 0 Å². The van der Waals surface area contributed by atoms with Crippen LogP contribution in [0.5, 0.6) is 5.75 Å². The zero-order chi connectivity index (χ0) is 20.0. The molecule has 2 rings (SSSR count). The van der Waals surface area contributed by atoms with Crippen molar-refractivity contribution in [1.29, 1.82) is 0 Å². The van der Waals surface area contributed by atoms with Crippen molar-refractivity contribution < 1.29 is 23.9 Å². The summed E-state index contributed by atoms with van der Waals surface area (Å²) in [6.45, 7) is 2.67. The fourth-order valence-corrected chi connectivity index (χ4v) is 2.38. The van der Waals surface area contributed by atoms with Crippen molar-refractivity contribution in [3.05, 3.63) is 42.6 Å². The van der Waals surface area contributed by atoms with Crippen molar-refractivity contribution in [1.82, 2.24) is 10.3 Å². The number of nitrogens with two attached hydrogens (primary N) is 1. The summed E-state index contributed by atoms with van der Waals surface area (Å²) in [6, 6.07) is 10.2. The van der Waals surface area contributed by atoms with E-state index in [1.165, 1.54) is 14.0 Å². The lowest BCUT2D eigenvalue weighted by molar-refractivity contribution is -0.175. The number of pyridine rings is 1. The normalized spacial score (nSPS) is 12.7. The molecular weight excluding hydrogens is 350 g/mol. The Morgan fingerprint density at radius 1 is 1.19 bits per heavy atom. The summed E-state index contributed by atoms with van der Waals surface area (Å²) >= 11 is 0. The van der Waals surface area contributed by atoms with Gasteiger partial charge in [-0.1, -0.05) is 19.1 Å². The number of carbonyl (C=O) groups is 3. The highest BCUT2D eigenvalue weighted by Crippen LogP contribution is 2.36. The van der Waals surface area contributed by atoms with Gasteiger partial charge < -0.3 is 15.2 Å². The Bertz CT molecular complexity index is 854. The van der Waals surface area contributed by atoms with Gasteiger partial charge in [-0.3, -0.25) is 19.9 Å². The number of ether oxygens (including phenoxy) is 2. The highest BCUT2D eigenvalue weighted by Gasteiger charge is 2.48. The van der Waals surface area contributed by atoms with Gasteiger partial charge in [-0.25, -0.2) is 4.79 Å². The monoisotopic (exact) mass is 371 g/mol. The number of nitrogens with one attached hydrogen (secondary N) is 1. The molecule has 1 unspecified atom stereocenters. The molecule has 8 heteroatoms. The largest absolute Gasteiger partial charge is 0.452 e. The van der Waals surface area contributed by atoms with E-state index in [0.717, 1.165) is 6.92 Å². The molecule has 0 aliphatic rings. The Labute approximate surface area is 156 Å². The predicted octanol–water partition coefficient (Wildman–Crippen LogP) is 1.69. The predicted molar refractivity (Wildman–Crippen MR) is 98.6 cm³/mol. The topological polar surface area (TPSA) is 121 Å². The average molecular weight is 371 g/mol. The van der Waals surface area contributed by atoms with Crippen LogP contribution in [0.4, 0.5) is 5.69 Å². The van der Waals surface area contributed by atoms with E-state index in [0.29, 0.717) is 11.3 Å². The zero-order valence-corrected chi connectivity index (χ0v) is 15.3. The van der Waals surface area contributed by atoms with E-state index < -0.39 is 23.4 Å². The minimum absolute atomic E-state index is 0.0316. The zero-order valence-electron chi connectivity index (χ0n) is 15.3. The molecule has 1 aromatic heterocycles. The molecule has 0 spiro atoms. The molecule has 0 aliphatic carbocycles. The van der Waals surface area contributed by atoms with Crippen LogP contribution in [0.25, 0.3) is 11.3 Å². The van der Waals surface area contributed by atoms with Gasteiger partial charge in [0.05, 0.1) is 11.4 Å². The first-order valence-electron chi connectivity index (χ1n) is 8.29. The second-order valence-corrected chi connectivity index (χ2v) is 5.64. The summed E-state index contributed by atoms with van der Waals surface area (Å²) in [7, 11) is 1.35. The van der Waals surface area contributed by atoms with Crippen LogP contribution in [-0.2, 0) is 19.1 Å². The smallest absolute Gasteiger partial charge is 0.382 e. The van der Waals surface area contributed by atoms with Gasteiger partial charge in [-0.2, -0.15) is 0 Å². The minimum atomic E-state index is -2.23. The highest BCUT2D eigenvalue weighted by atomic mass is 16.6. The summed E-state index contributed by atoms with van der Waals surface area (Å²) in [6.07, 6.45) is 1.56. The van der Waals surface area contributed by atoms with Gasteiger partial charge in [0.25, 0.3) is 0 Å². The van der Waals surface area contributed by atoms with E-state index in [4.69, 9.17) is 15.2 Å². The molecular formula is C19H21N3O5. The molecule has 142 valence electrons. The number of hydrogen-bond donors (Lipinski definition) is 2. The number of carbonyl (C=O) groups excluding carboxylic acids is 3. The summed E-state index contributed by atoms with van der Waals surface area (Å²) in [5.74, 6) is -2.58. The number of nitrogens with zero attached hydrogens (tertiary/aromatic N) is 1. The molecule has 0 aliphatic heterocycles. The Morgan fingerprint density at radius 2 is 1.93 bits per heavy atom. The van der Waals surface area contributed by atoms with Crippen molar-refractivity contribution in [2.75, 3.05) is 12.8 Å². The van der Waals surface area contributed by atoms with Gasteiger partial charge in [0.15, 0.2) is 11.5 Å². The van der Waals surface area contributed by atoms with Crippen LogP contribution >= 0.6 is 0 Å². The third-order valence-electron chi connectivity index (χ3n) is 3.87. The lowest BCUT2D eigenvalue weighted by Crippen LogP contribution is -2.61. The van der Waals surface area contributed by atoms with E-state index in [2.05, 4.69) is 10.3 Å².